The molecule has 7 heteroatoms. The summed E-state index contributed by atoms with van der Waals surface area (Å²) in [4.78, 5) is 24.7. The number of hydrogen-bond donors (Lipinski definition) is 1. The number of benzene rings is 3. The maximum Gasteiger partial charge on any atom is 0.343 e. The molecule has 0 atom stereocenters. The van der Waals surface area contributed by atoms with Crippen molar-refractivity contribution in [1.82, 2.24) is 0 Å². The van der Waals surface area contributed by atoms with Gasteiger partial charge in [-0.1, -0.05) is 24.3 Å². The van der Waals surface area contributed by atoms with Crippen molar-refractivity contribution in [3.8, 4) is 17.6 Å². The number of nitriles is 1. The smallest absolute Gasteiger partial charge is 0.343 e. The lowest BCUT2D eigenvalue weighted by Gasteiger charge is -2.10. The number of amides is 1. The van der Waals surface area contributed by atoms with Gasteiger partial charge in [-0.15, -0.1) is 0 Å². The zero-order chi connectivity index (χ0) is 22.2. The molecule has 0 spiro atoms. The Balaban J connectivity index is 1.79. The predicted molar refractivity (Wildman–Crippen MR) is 126 cm³/mol. The van der Waals surface area contributed by atoms with Crippen LogP contribution in [0, 0.1) is 14.9 Å². The van der Waals surface area contributed by atoms with Crippen molar-refractivity contribution in [2.24, 2.45) is 0 Å². The molecule has 3 aromatic carbocycles. The first-order valence-electron chi connectivity index (χ1n) is 9.14. The van der Waals surface area contributed by atoms with E-state index in [-0.39, 0.29) is 11.3 Å². The SMILES string of the molecule is COc1cc(/C=C(\C#N)C(=O)Nc2ccc(I)cc2)ccc1OC(=O)c1ccccc1. The van der Waals surface area contributed by atoms with Crippen LogP contribution in [0.1, 0.15) is 15.9 Å². The number of ether oxygens (including phenoxy) is 2. The quantitative estimate of drug-likeness (QED) is 0.160. The Kier molecular flexibility index (Phi) is 7.40. The van der Waals surface area contributed by atoms with Gasteiger partial charge in [-0.3, -0.25) is 4.79 Å². The number of esters is 1. The molecule has 1 amide bonds. The Morgan fingerprint density at radius 2 is 1.71 bits per heavy atom. The van der Waals surface area contributed by atoms with E-state index < -0.39 is 11.9 Å². The molecule has 154 valence electrons. The number of methoxy groups -OCH3 is 1. The number of hydrogen-bond acceptors (Lipinski definition) is 5. The molecule has 0 saturated heterocycles. The van der Waals surface area contributed by atoms with Gasteiger partial charge in [0.1, 0.15) is 11.6 Å². The van der Waals surface area contributed by atoms with Gasteiger partial charge in [-0.25, -0.2) is 4.79 Å². The topological polar surface area (TPSA) is 88.4 Å². The largest absolute Gasteiger partial charge is 0.493 e. The second-order valence-electron chi connectivity index (χ2n) is 6.30. The van der Waals surface area contributed by atoms with E-state index >= 15 is 0 Å². The summed E-state index contributed by atoms with van der Waals surface area (Å²) in [5, 5.41) is 12.1. The van der Waals surface area contributed by atoms with Crippen molar-refractivity contribution < 1.29 is 19.1 Å². The van der Waals surface area contributed by atoms with Crippen molar-refractivity contribution in [3.05, 3.63) is 93.1 Å². The lowest BCUT2D eigenvalue weighted by atomic mass is 10.1. The maximum absolute atomic E-state index is 12.5. The monoisotopic (exact) mass is 524 g/mol. The highest BCUT2D eigenvalue weighted by Gasteiger charge is 2.14. The van der Waals surface area contributed by atoms with Crippen LogP contribution in [0.5, 0.6) is 11.5 Å². The maximum atomic E-state index is 12.5. The molecule has 0 aliphatic carbocycles. The van der Waals surface area contributed by atoms with Gasteiger partial charge in [0.05, 0.1) is 12.7 Å². The van der Waals surface area contributed by atoms with Gasteiger partial charge in [0.15, 0.2) is 11.5 Å². The number of nitrogens with one attached hydrogen (secondary N) is 1. The van der Waals surface area contributed by atoms with Crippen molar-refractivity contribution in [1.29, 1.82) is 5.26 Å². The van der Waals surface area contributed by atoms with Crippen LogP contribution in [0.15, 0.2) is 78.4 Å². The first-order chi connectivity index (χ1) is 15.0. The molecule has 0 bridgehead atoms. The summed E-state index contributed by atoms with van der Waals surface area (Å²) < 4.78 is 11.8. The van der Waals surface area contributed by atoms with Crippen LogP contribution in [0.3, 0.4) is 0 Å². The molecule has 0 radical (unpaired) electrons. The minimum absolute atomic E-state index is 0.0744. The molecular weight excluding hydrogens is 507 g/mol. The Morgan fingerprint density at radius 3 is 2.35 bits per heavy atom. The molecular formula is C24H17IN2O4. The lowest BCUT2D eigenvalue weighted by Crippen LogP contribution is -2.13. The van der Waals surface area contributed by atoms with E-state index in [0.717, 1.165) is 3.57 Å². The first-order valence-corrected chi connectivity index (χ1v) is 10.2. The van der Waals surface area contributed by atoms with E-state index in [1.807, 2.05) is 18.2 Å². The Morgan fingerprint density at radius 1 is 1.00 bits per heavy atom. The average molecular weight is 524 g/mol. The molecule has 0 aliphatic rings. The van der Waals surface area contributed by atoms with Crippen LogP contribution < -0.4 is 14.8 Å². The van der Waals surface area contributed by atoms with E-state index in [2.05, 4.69) is 27.9 Å². The van der Waals surface area contributed by atoms with E-state index in [1.54, 1.807) is 60.7 Å². The molecule has 3 aromatic rings. The highest BCUT2D eigenvalue weighted by Crippen LogP contribution is 2.30. The summed E-state index contributed by atoms with van der Waals surface area (Å²) in [5.41, 5.74) is 1.47. The zero-order valence-corrected chi connectivity index (χ0v) is 18.6. The first kappa shape index (κ1) is 22.1. The van der Waals surface area contributed by atoms with Gasteiger partial charge < -0.3 is 14.8 Å². The number of anilines is 1. The van der Waals surface area contributed by atoms with Gasteiger partial charge in [-0.05, 0) is 82.8 Å². The summed E-state index contributed by atoms with van der Waals surface area (Å²) in [5.74, 6) is -0.511. The summed E-state index contributed by atoms with van der Waals surface area (Å²) in [6.45, 7) is 0. The Labute approximate surface area is 193 Å². The minimum Gasteiger partial charge on any atom is -0.493 e. The molecule has 31 heavy (non-hydrogen) atoms. The van der Waals surface area contributed by atoms with Crippen LogP contribution in [0.4, 0.5) is 5.69 Å². The second-order valence-corrected chi connectivity index (χ2v) is 7.54. The third-order valence-electron chi connectivity index (χ3n) is 4.18. The molecule has 0 saturated carbocycles. The van der Waals surface area contributed by atoms with Crippen LogP contribution in [-0.2, 0) is 4.79 Å². The number of nitrogens with zero attached hydrogens (tertiary/aromatic N) is 1. The number of halogens is 1. The normalized spacial score (nSPS) is 10.7. The molecule has 3 rings (SSSR count). The molecule has 0 heterocycles. The fourth-order valence-corrected chi connectivity index (χ4v) is 3.00. The molecule has 0 aliphatic heterocycles. The Hall–Kier alpha value is -3.64. The molecule has 0 fully saturated rings. The van der Waals surface area contributed by atoms with Gasteiger partial charge >= 0.3 is 5.97 Å². The second kappa shape index (κ2) is 10.4. The van der Waals surface area contributed by atoms with E-state index in [4.69, 9.17) is 9.47 Å². The van der Waals surface area contributed by atoms with Crippen LogP contribution in [-0.4, -0.2) is 19.0 Å². The van der Waals surface area contributed by atoms with Gasteiger partial charge in [0, 0.05) is 9.26 Å². The van der Waals surface area contributed by atoms with Gasteiger partial charge in [-0.2, -0.15) is 5.26 Å². The van der Waals surface area contributed by atoms with E-state index in [0.29, 0.717) is 22.6 Å². The fourth-order valence-electron chi connectivity index (χ4n) is 2.64. The lowest BCUT2D eigenvalue weighted by molar-refractivity contribution is -0.112. The third kappa shape index (κ3) is 5.93. The van der Waals surface area contributed by atoms with Gasteiger partial charge in [0.25, 0.3) is 5.91 Å². The van der Waals surface area contributed by atoms with Gasteiger partial charge in [0.2, 0.25) is 0 Å². The molecule has 0 unspecified atom stereocenters. The highest BCUT2D eigenvalue weighted by atomic mass is 127. The number of carbonyl (C=O) groups excluding carboxylic acids is 2. The van der Waals surface area contributed by atoms with Crippen molar-refractivity contribution in [2.45, 2.75) is 0 Å². The average Bonchev–Trinajstić information content (AvgIpc) is 2.80. The minimum atomic E-state index is -0.526. The molecule has 1 N–H and O–H groups in total. The summed E-state index contributed by atoms with van der Waals surface area (Å²) in [7, 11) is 1.44. The fraction of sp³-hybridized carbons (Fsp3) is 0.0417. The predicted octanol–water partition coefficient (Wildman–Crippen LogP) is 5.06. The van der Waals surface area contributed by atoms with Crippen LogP contribution in [0.2, 0.25) is 0 Å². The highest BCUT2D eigenvalue weighted by molar-refractivity contribution is 14.1. The number of rotatable bonds is 6. The molecule has 0 aromatic heterocycles. The summed E-state index contributed by atoms with van der Waals surface area (Å²) in [6.07, 6.45) is 1.44. The standard InChI is InChI=1S/C24H17IN2O4/c1-30-22-14-16(7-12-21(22)31-24(29)17-5-3-2-4-6-17)13-18(15-26)23(28)27-20-10-8-19(25)9-11-20/h2-14H,1H3,(H,27,28)/b18-13+. The van der Waals surface area contributed by atoms with Crippen molar-refractivity contribution >= 4 is 46.2 Å². The zero-order valence-electron chi connectivity index (χ0n) is 16.5. The number of carbonyl (C=O) groups is 2. The third-order valence-corrected chi connectivity index (χ3v) is 4.90. The van der Waals surface area contributed by atoms with Crippen LogP contribution >= 0.6 is 22.6 Å². The van der Waals surface area contributed by atoms with E-state index in [1.165, 1.54) is 13.2 Å². The van der Waals surface area contributed by atoms with Crippen molar-refractivity contribution in [3.63, 3.8) is 0 Å². The Bertz CT molecular complexity index is 1170. The molecule has 6 nitrogen and oxygen atoms in total. The van der Waals surface area contributed by atoms with E-state index in [9.17, 15) is 14.9 Å². The van der Waals surface area contributed by atoms with Crippen molar-refractivity contribution in [2.75, 3.05) is 12.4 Å². The summed E-state index contributed by atoms with van der Waals surface area (Å²) >= 11 is 2.17. The van der Waals surface area contributed by atoms with Crippen LogP contribution in [0.25, 0.3) is 6.08 Å². The summed E-state index contributed by atoms with van der Waals surface area (Å²) in [6, 6.07) is 22.5.